The molecule has 0 spiro atoms. The van der Waals surface area contributed by atoms with E-state index in [4.69, 9.17) is 23.4 Å². The van der Waals surface area contributed by atoms with Gasteiger partial charge in [-0.15, -0.1) is 0 Å². The van der Waals surface area contributed by atoms with Gasteiger partial charge >= 0.3 is 0 Å². The predicted molar refractivity (Wildman–Crippen MR) is 83.4 cm³/mol. The molecule has 4 amide bonds. The SMILES string of the molecule is NNC(=O)[C@H]1C[C@H]1C(=O)NN.NNC(=O)[C@H]1C[C@H]1C(=O)NN.O.O.O. The van der Waals surface area contributed by atoms with Crippen molar-refractivity contribution in [3.63, 3.8) is 0 Å². The second kappa shape index (κ2) is 12.0. The van der Waals surface area contributed by atoms with E-state index >= 15 is 0 Å². The molecule has 18 N–H and O–H groups in total. The van der Waals surface area contributed by atoms with Gasteiger partial charge in [-0.25, -0.2) is 23.4 Å². The molecule has 2 rings (SSSR count). The predicted octanol–water partition coefficient (Wildman–Crippen LogP) is -7.27. The molecule has 2 aliphatic carbocycles. The maximum absolute atomic E-state index is 10.7. The summed E-state index contributed by atoms with van der Waals surface area (Å²) in [4.78, 5) is 43.0. The average Bonchev–Trinajstić information content (AvgIpc) is 3.44. The van der Waals surface area contributed by atoms with Gasteiger partial charge in [0, 0.05) is 0 Å². The van der Waals surface area contributed by atoms with Gasteiger partial charge in [0.1, 0.15) is 0 Å². The Balaban J connectivity index is -0.000000346. The van der Waals surface area contributed by atoms with Crippen LogP contribution in [0.2, 0.25) is 0 Å². The van der Waals surface area contributed by atoms with E-state index in [0.717, 1.165) is 0 Å². The van der Waals surface area contributed by atoms with E-state index in [2.05, 4.69) is 0 Å². The fourth-order valence-electron chi connectivity index (χ4n) is 1.98. The minimum absolute atomic E-state index is 0. The van der Waals surface area contributed by atoms with E-state index in [9.17, 15) is 19.2 Å². The Morgan fingerprint density at radius 1 is 0.520 bits per heavy atom. The Morgan fingerprint density at radius 3 is 0.800 bits per heavy atom. The Hall–Kier alpha value is -2.40. The molecular weight excluding hydrogens is 344 g/mol. The highest BCUT2D eigenvalue weighted by Gasteiger charge is 2.48. The Bertz CT molecular complexity index is 394. The van der Waals surface area contributed by atoms with Gasteiger partial charge in [0.2, 0.25) is 23.6 Å². The van der Waals surface area contributed by atoms with Crippen LogP contribution in [0.3, 0.4) is 0 Å². The summed E-state index contributed by atoms with van der Waals surface area (Å²) in [6.45, 7) is 0. The van der Waals surface area contributed by atoms with Crippen molar-refractivity contribution in [2.24, 2.45) is 47.0 Å². The first-order chi connectivity index (χ1) is 10.4. The van der Waals surface area contributed by atoms with Crippen molar-refractivity contribution in [2.45, 2.75) is 12.8 Å². The van der Waals surface area contributed by atoms with Crippen LogP contribution < -0.4 is 45.1 Å². The first-order valence-electron chi connectivity index (χ1n) is 6.43. The standard InChI is InChI=1S/2C5H10N4O2.3H2O/c2*6-8-4(10)2-1-3(2)5(11)9-7;;;/h2*2-3H,1,6-7H2,(H,8,10)(H,9,11);3*1H2/t2*2-,3+;;;. The topological polar surface area (TPSA) is 315 Å². The van der Waals surface area contributed by atoms with Gasteiger partial charge in [0.05, 0.1) is 23.7 Å². The number of amides is 4. The van der Waals surface area contributed by atoms with Crippen LogP contribution in [-0.4, -0.2) is 40.1 Å². The van der Waals surface area contributed by atoms with Crippen LogP contribution in [0.25, 0.3) is 0 Å². The average molecular weight is 370 g/mol. The Kier molecular flexibility index (Phi) is 13.2. The highest BCUT2D eigenvalue weighted by Crippen LogP contribution is 2.38. The van der Waals surface area contributed by atoms with Crippen molar-refractivity contribution < 1.29 is 35.6 Å². The fourth-order valence-corrected chi connectivity index (χ4v) is 1.98. The lowest BCUT2D eigenvalue weighted by molar-refractivity contribution is -0.127. The van der Waals surface area contributed by atoms with Crippen molar-refractivity contribution in [3.8, 4) is 0 Å². The number of hydrogen-bond donors (Lipinski definition) is 8. The summed E-state index contributed by atoms with van der Waals surface area (Å²) in [6, 6.07) is 0. The van der Waals surface area contributed by atoms with Crippen LogP contribution in [0.5, 0.6) is 0 Å². The first-order valence-corrected chi connectivity index (χ1v) is 6.43. The van der Waals surface area contributed by atoms with Crippen molar-refractivity contribution in [3.05, 3.63) is 0 Å². The minimum atomic E-state index is -0.307. The molecule has 0 aliphatic heterocycles. The van der Waals surface area contributed by atoms with Crippen LogP contribution >= 0.6 is 0 Å². The zero-order valence-electron chi connectivity index (χ0n) is 13.2. The molecule has 15 nitrogen and oxygen atoms in total. The first kappa shape index (κ1) is 27.4. The molecule has 0 radical (unpaired) electrons. The lowest BCUT2D eigenvalue weighted by Gasteiger charge is -1.96. The molecule has 25 heavy (non-hydrogen) atoms. The molecule has 15 heteroatoms. The van der Waals surface area contributed by atoms with Gasteiger partial charge in [-0.2, -0.15) is 0 Å². The number of carbonyl (C=O) groups excluding carboxylic acids is 4. The zero-order chi connectivity index (χ0) is 16.9. The Morgan fingerprint density at radius 2 is 0.680 bits per heavy atom. The summed E-state index contributed by atoms with van der Waals surface area (Å²) in [5.41, 5.74) is 7.90. The molecule has 0 aromatic heterocycles. The lowest BCUT2D eigenvalue weighted by Crippen LogP contribution is -2.36. The number of nitrogens with two attached hydrogens (primary N) is 4. The molecule has 0 aromatic rings. The maximum Gasteiger partial charge on any atom is 0.237 e. The van der Waals surface area contributed by atoms with Gasteiger partial charge in [-0.3, -0.25) is 40.9 Å². The van der Waals surface area contributed by atoms with E-state index in [1.54, 1.807) is 0 Å². The van der Waals surface area contributed by atoms with Crippen LogP contribution in [-0.2, 0) is 19.2 Å². The molecule has 4 atom stereocenters. The number of nitrogens with one attached hydrogen (secondary N) is 4. The molecule has 2 aliphatic rings. The van der Waals surface area contributed by atoms with E-state index in [1.807, 2.05) is 21.7 Å². The molecule has 2 fully saturated rings. The Labute approximate surface area is 142 Å². The highest BCUT2D eigenvalue weighted by atomic mass is 16.2. The summed E-state index contributed by atoms with van der Waals surface area (Å²) in [5, 5.41) is 0. The summed E-state index contributed by atoms with van der Waals surface area (Å²) >= 11 is 0. The van der Waals surface area contributed by atoms with Crippen molar-refractivity contribution in [1.29, 1.82) is 0 Å². The van der Waals surface area contributed by atoms with Crippen molar-refractivity contribution in [1.82, 2.24) is 21.7 Å². The molecule has 148 valence electrons. The van der Waals surface area contributed by atoms with E-state index < -0.39 is 0 Å². The molecule has 0 unspecified atom stereocenters. The van der Waals surface area contributed by atoms with Gasteiger partial charge < -0.3 is 16.4 Å². The third-order valence-electron chi connectivity index (χ3n) is 3.50. The molecule has 0 aromatic carbocycles. The molecule has 0 saturated heterocycles. The third-order valence-corrected chi connectivity index (χ3v) is 3.50. The smallest absolute Gasteiger partial charge is 0.237 e. The van der Waals surface area contributed by atoms with E-state index in [1.165, 1.54) is 0 Å². The third kappa shape index (κ3) is 7.35. The largest absolute Gasteiger partial charge is 0.412 e. The van der Waals surface area contributed by atoms with Crippen LogP contribution in [0.4, 0.5) is 0 Å². The second-order valence-electron chi connectivity index (χ2n) is 4.93. The van der Waals surface area contributed by atoms with Gasteiger partial charge in [-0.1, -0.05) is 0 Å². The summed E-state index contributed by atoms with van der Waals surface area (Å²) in [6.07, 6.45) is 1.07. The fraction of sp³-hybridized carbons (Fsp3) is 0.600. The highest BCUT2D eigenvalue weighted by molar-refractivity contribution is 5.92. The number of hydrazine groups is 4. The summed E-state index contributed by atoms with van der Waals surface area (Å²) in [7, 11) is 0. The van der Waals surface area contributed by atoms with Gasteiger partial charge in [0.25, 0.3) is 0 Å². The lowest BCUT2D eigenvalue weighted by atomic mass is 10.3. The van der Waals surface area contributed by atoms with Crippen molar-refractivity contribution in [2.75, 3.05) is 0 Å². The number of hydrogen-bond acceptors (Lipinski definition) is 8. The molecule has 0 heterocycles. The van der Waals surface area contributed by atoms with Crippen molar-refractivity contribution >= 4 is 23.6 Å². The molecule has 2 saturated carbocycles. The van der Waals surface area contributed by atoms with Crippen LogP contribution in [0, 0.1) is 23.7 Å². The summed E-state index contributed by atoms with van der Waals surface area (Å²) in [5.74, 6) is 17.0. The maximum atomic E-state index is 10.7. The number of carbonyl (C=O) groups is 4. The quantitative estimate of drug-likeness (QED) is 0.133. The molecule has 0 bridgehead atoms. The minimum Gasteiger partial charge on any atom is -0.412 e. The summed E-state index contributed by atoms with van der Waals surface area (Å²) < 4.78 is 0. The number of rotatable bonds is 4. The monoisotopic (exact) mass is 370 g/mol. The second-order valence-corrected chi connectivity index (χ2v) is 4.93. The van der Waals surface area contributed by atoms with E-state index in [0.29, 0.717) is 12.8 Å². The van der Waals surface area contributed by atoms with Gasteiger partial charge in [0.15, 0.2) is 0 Å². The molecular formula is C10H26N8O7. The zero-order valence-corrected chi connectivity index (χ0v) is 13.2. The van der Waals surface area contributed by atoms with Crippen LogP contribution in [0.1, 0.15) is 12.8 Å². The normalized spacial score (nSPS) is 24.2. The van der Waals surface area contributed by atoms with Crippen LogP contribution in [0.15, 0.2) is 0 Å². The van der Waals surface area contributed by atoms with Gasteiger partial charge in [-0.05, 0) is 12.8 Å². The van der Waals surface area contributed by atoms with E-state index in [-0.39, 0.29) is 63.7 Å².